The van der Waals surface area contributed by atoms with Crippen LogP contribution in [-0.2, 0) is 60.7 Å². The number of H-pyrrole nitrogens is 3. The number of rotatable bonds is 6. The molecule has 27 nitrogen and oxygen atoms in total. The minimum absolute atomic E-state index is 0.398. The van der Waals surface area contributed by atoms with Crippen molar-refractivity contribution in [3.63, 3.8) is 0 Å². The van der Waals surface area contributed by atoms with Gasteiger partial charge in [-0.05, 0) is 71.3 Å². The van der Waals surface area contributed by atoms with Gasteiger partial charge in [-0.1, -0.05) is 0 Å². The summed E-state index contributed by atoms with van der Waals surface area (Å²) in [5.41, 5.74) is -14.2. The Balaban J connectivity index is 1.90. The van der Waals surface area contributed by atoms with Crippen molar-refractivity contribution in [2.24, 2.45) is 0 Å². The van der Waals surface area contributed by atoms with Crippen LogP contribution in [0.3, 0.4) is 0 Å². The highest BCUT2D eigenvalue weighted by atomic mass is 32.2. The first-order chi connectivity index (χ1) is 28.8. The maximum atomic E-state index is 14.2. The van der Waals surface area contributed by atoms with Crippen LogP contribution in [-0.4, -0.2) is 108 Å². The van der Waals surface area contributed by atoms with E-state index in [1.807, 2.05) is 15.3 Å². The molecule has 1 heterocycles. The molecule has 3 aromatic carbocycles. The Kier molecular flexibility index (Phi) is 10.2. The summed E-state index contributed by atoms with van der Waals surface area (Å²) in [6.45, 7) is 0. The van der Waals surface area contributed by atoms with Gasteiger partial charge in [0.15, 0.2) is 17.1 Å². The highest BCUT2D eigenvalue weighted by molar-refractivity contribution is 7.96. The van der Waals surface area contributed by atoms with Crippen LogP contribution in [0, 0.1) is 0 Å². The van der Waals surface area contributed by atoms with Crippen LogP contribution in [0.1, 0.15) is 33.8 Å². The number of nitrogens with one attached hydrogen (secondary N) is 3. The fraction of sp³-hybridized carbons (Fsp3) is 0. The molecule has 0 unspecified atom stereocenters. The molecule has 0 atom stereocenters. The zero-order valence-corrected chi connectivity index (χ0v) is 34.7. The van der Waals surface area contributed by atoms with E-state index in [-0.39, 0.29) is 0 Å². The molecular formula is C30H18N6O21S6. The standard InChI is InChI=1S/C30H18N6O21S6/c37-28-22-10-1-13(58(40,41)42)7-16(22)31-35-26-20(62(52,53)54)5-11-2-15(60(46,47)48)9-18(24(11)29(26)38)33-36-27-21(63(55,56)57)6-12-3-14(59(43,44)45)8-17(23(12)30(27)39)32-34-25(28)19(4-10)61(49,50)51/h1-9,31-33H,(H,40,41,42)(H,43,44,45)(H,46,47,48)(H,49,50,51)(H,52,53,54)(H,55,56,57). The van der Waals surface area contributed by atoms with Gasteiger partial charge in [-0.2, -0.15) is 65.8 Å². The lowest BCUT2D eigenvalue weighted by Gasteiger charge is -2.13. The first kappa shape index (κ1) is 44.8. The van der Waals surface area contributed by atoms with Crippen molar-refractivity contribution in [3.05, 3.63) is 101 Å². The van der Waals surface area contributed by atoms with Crippen LogP contribution < -0.4 is 16.3 Å². The number of benzene rings is 3. The molecule has 0 spiro atoms. The van der Waals surface area contributed by atoms with Gasteiger partial charge in [-0.3, -0.25) is 57.0 Å². The molecular weight excluding hydrogens is 973 g/mol. The van der Waals surface area contributed by atoms with Gasteiger partial charge in [0.2, 0.25) is 16.3 Å². The van der Waals surface area contributed by atoms with Crippen LogP contribution >= 0.6 is 0 Å². The first-order valence-corrected chi connectivity index (χ1v) is 24.6. The van der Waals surface area contributed by atoms with Crippen LogP contribution in [0.25, 0.3) is 65.7 Å². The summed E-state index contributed by atoms with van der Waals surface area (Å²) in [5.74, 6) is 0. The van der Waals surface area contributed by atoms with Crippen LogP contribution in [0.4, 0.5) is 0 Å². The second-order valence-electron chi connectivity index (χ2n) is 12.9. The third-order valence-corrected chi connectivity index (χ3v) is 14.0. The number of fused-ring (bicyclic) bond motifs is 3. The fourth-order valence-corrected chi connectivity index (χ4v) is 9.90. The number of aromatic nitrogens is 6. The Bertz CT molecular complexity index is 3710. The lowest BCUT2D eigenvalue weighted by Crippen LogP contribution is -2.20. The summed E-state index contributed by atoms with van der Waals surface area (Å²) < 4.78 is 210. The maximum Gasteiger partial charge on any atom is 0.296 e. The van der Waals surface area contributed by atoms with Gasteiger partial charge in [-0.15, -0.1) is 0 Å². The summed E-state index contributed by atoms with van der Waals surface area (Å²) >= 11 is 0. The first-order valence-electron chi connectivity index (χ1n) is 16.0. The molecule has 330 valence electrons. The molecule has 0 fully saturated rings. The largest absolute Gasteiger partial charge is 0.296 e. The van der Waals surface area contributed by atoms with Crippen molar-refractivity contribution in [1.82, 2.24) is 30.6 Å². The molecule has 3 aliphatic carbocycles. The summed E-state index contributed by atoms with van der Waals surface area (Å²) in [5, 5.41) is 14.2. The summed E-state index contributed by atoms with van der Waals surface area (Å²) in [4.78, 5) is 34.9. The number of hydrogen-bond donors (Lipinski definition) is 9. The van der Waals surface area contributed by atoms with E-state index < -0.39 is 173 Å². The zero-order valence-electron chi connectivity index (χ0n) is 29.8. The van der Waals surface area contributed by atoms with Gasteiger partial charge in [0.1, 0.15) is 14.7 Å². The quantitative estimate of drug-likeness (QED) is 0.111. The van der Waals surface area contributed by atoms with Crippen molar-refractivity contribution in [2.45, 2.75) is 14.7 Å². The van der Waals surface area contributed by atoms with E-state index in [9.17, 15) is 92.2 Å². The summed E-state index contributed by atoms with van der Waals surface area (Å²) in [6, 6.07) is 2.79. The third-order valence-electron chi connectivity index (χ3n) is 8.91. The SMILES string of the molecule is O=c1c2n[nH]c3cc(S(=O)(=O)O)cc4c3c(=O)c(n[nH]c3cc(S(=O)(=O)O)cc5c3c(=O)c(n[nH]c3cc(S(=O)(=O)O)cc(c13)C=C2S(=O)(=O)O)C(S(=O)(=O)O)=C5)C(S(=O)(=O)O)=C4. The van der Waals surface area contributed by atoms with Crippen LogP contribution in [0.5, 0.6) is 0 Å². The van der Waals surface area contributed by atoms with Crippen molar-refractivity contribution in [1.29, 1.82) is 0 Å². The molecule has 63 heavy (non-hydrogen) atoms. The molecule has 0 amide bonds. The molecule has 6 bridgehead atoms. The fourth-order valence-electron chi connectivity index (χ4n) is 6.30. The van der Waals surface area contributed by atoms with Gasteiger partial charge in [0, 0.05) is 0 Å². The van der Waals surface area contributed by atoms with Crippen molar-refractivity contribution < 1.29 is 77.8 Å². The molecule has 9 N–H and O–H groups in total. The Labute approximate surface area is 348 Å². The van der Waals surface area contributed by atoms with Crippen LogP contribution in [0.2, 0.25) is 0 Å². The Morgan fingerprint density at radius 1 is 0.349 bits per heavy atom. The average Bonchev–Trinajstić information content (AvgIpc) is 3.13. The molecule has 33 heteroatoms. The van der Waals surface area contributed by atoms with Gasteiger partial charge in [0.25, 0.3) is 60.7 Å². The van der Waals surface area contributed by atoms with Gasteiger partial charge < -0.3 is 0 Å². The molecule has 4 aromatic rings. The number of hydrogen-bond acceptors (Lipinski definition) is 18. The second kappa shape index (κ2) is 14.4. The number of nitrogens with zero attached hydrogens (tertiary/aromatic N) is 3. The molecule has 0 saturated heterocycles. The molecule has 1 aromatic heterocycles. The smallest absolute Gasteiger partial charge is 0.287 e. The molecule has 0 saturated carbocycles. The average molecular weight is 991 g/mol. The molecule has 3 aliphatic rings. The Morgan fingerprint density at radius 3 is 0.762 bits per heavy atom. The van der Waals surface area contributed by atoms with Gasteiger partial charge in [-0.25, -0.2) is 0 Å². The lowest BCUT2D eigenvalue weighted by molar-refractivity contribution is 0.481. The number of aromatic amines is 3. The minimum atomic E-state index is -5.63. The molecule has 0 radical (unpaired) electrons. The Morgan fingerprint density at radius 2 is 0.571 bits per heavy atom. The normalized spacial score (nSPS) is 14.5. The maximum absolute atomic E-state index is 14.2. The van der Waals surface area contributed by atoms with Crippen molar-refractivity contribution >= 4 is 126 Å². The van der Waals surface area contributed by atoms with E-state index in [0.717, 1.165) is 0 Å². The van der Waals surface area contributed by atoms with Crippen LogP contribution in [0.15, 0.2) is 65.5 Å². The molecule has 7 rings (SSSR count). The van der Waals surface area contributed by atoms with E-state index in [2.05, 4.69) is 15.3 Å². The topological polar surface area (TPSA) is 463 Å². The monoisotopic (exact) mass is 990 g/mol. The zero-order chi connectivity index (χ0) is 46.7. The summed E-state index contributed by atoms with van der Waals surface area (Å²) in [7, 11) is -32.9. The highest BCUT2D eigenvalue weighted by Gasteiger charge is 2.31. The molecule has 0 aliphatic heterocycles. The minimum Gasteiger partial charge on any atom is -0.287 e. The summed E-state index contributed by atoms with van der Waals surface area (Å²) in [6.07, 6.45) is 1.19. The predicted octanol–water partition coefficient (Wildman–Crippen LogP) is -0.393. The van der Waals surface area contributed by atoms with E-state index in [1.165, 1.54) is 0 Å². The predicted molar refractivity (Wildman–Crippen MR) is 215 cm³/mol. The van der Waals surface area contributed by atoms with Gasteiger partial charge >= 0.3 is 0 Å². The third kappa shape index (κ3) is 8.13. The van der Waals surface area contributed by atoms with Crippen molar-refractivity contribution in [2.75, 3.05) is 0 Å². The lowest BCUT2D eigenvalue weighted by atomic mass is 10.0. The highest BCUT2D eigenvalue weighted by Crippen LogP contribution is 2.33. The van der Waals surface area contributed by atoms with E-state index in [0.29, 0.717) is 54.6 Å². The van der Waals surface area contributed by atoms with Gasteiger partial charge in [0.05, 0.1) is 47.4 Å². The Hall–Kier alpha value is -6.24. The van der Waals surface area contributed by atoms with E-state index in [1.54, 1.807) is 0 Å². The van der Waals surface area contributed by atoms with E-state index in [4.69, 9.17) is 0 Å². The van der Waals surface area contributed by atoms with Crippen molar-refractivity contribution in [3.8, 4) is 0 Å². The second-order valence-corrected chi connectivity index (χ2v) is 21.3. The van der Waals surface area contributed by atoms with E-state index >= 15 is 0 Å².